The highest BCUT2D eigenvalue weighted by Gasteiger charge is 2.13. The van der Waals surface area contributed by atoms with Gasteiger partial charge in [0.25, 0.3) is 0 Å². The van der Waals surface area contributed by atoms with E-state index in [4.69, 9.17) is 16.6 Å². The van der Waals surface area contributed by atoms with E-state index in [1.165, 1.54) is 5.56 Å². The molecule has 0 fully saturated rings. The van der Waals surface area contributed by atoms with Gasteiger partial charge >= 0.3 is 0 Å². The molecule has 2 aromatic carbocycles. The van der Waals surface area contributed by atoms with Crippen LogP contribution in [0.2, 0.25) is 5.02 Å². The Morgan fingerprint density at radius 3 is 2.72 bits per heavy atom. The van der Waals surface area contributed by atoms with Crippen molar-refractivity contribution < 1.29 is 5.11 Å². The summed E-state index contributed by atoms with van der Waals surface area (Å²) >= 11 is 6.42. The van der Waals surface area contributed by atoms with Crippen molar-refractivity contribution in [3.63, 3.8) is 0 Å². The molecule has 4 aromatic rings. The fourth-order valence-corrected chi connectivity index (χ4v) is 3.85. The number of phenols is 1. The second-order valence-electron chi connectivity index (χ2n) is 7.73. The molecule has 0 bridgehead atoms. The Labute approximate surface area is 192 Å². The number of halogens is 1. The highest BCUT2D eigenvalue weighted by molar-refractivity contribution is 6.33. The van der Waals surface area contributed by atoms with E-state index in [1.54, 1.807) is 28.9 Å². The standard InChI is InChI=1S/C25H26ClN5O/c1-3-19-16-28-31-24(15-23(29-25(19)31)21-7-4-5-8-22(21)26)27-13-6-14-30(2)17-18-9-11-20(32)12-10-18/h3-5,7-12,15-16,27,32H,1,6,13-14,17H2,2H3. The highest BCUT2D eigenvalue weighted by Crippen LogP contribution is 2.29. The number of fused-ring (bicyclic) bond motifs is 1. The SMILES string of the molecule is C=Cc1cnn2c(NCCCN(C)Cc3ccc(O)cc3)cc(-c3ccccc3Cl)nc12. The maximum Gasteiger partial charge on any atom is 0.165 e. The number of hydrogen-bond acceptors (Lipinski definition) is 5. The Morgan fingerprint density at radius 1 is 1.19 bits per heavy atom. The van der Waals surface area contributed by atoms with E-state index < -0.39 is 0 Å². The first-order valence-corrected chi connectivity index (χ1v) is 10.9. The van der Waals surface area contributed by atoms with E-state index in [0.717, 1.165) is 54.3 Å². The Morgan fingerprint density at radius 2 is 1.97 bits per heavy atom. The number of rotatable bonds is 9. The van der Waals surface area contributed by atoms with Crippen LogP contribution in [0.15, 0.2) is 67.4 Å². The minimum absolute atomic E-state index is 0.290. The van der Waals surface area contributed by atoms with Gasteiger partial charge in [-0.3, -0.25) is 0 Å². The molecule has 2 heterocycles. The van der Waals surface area contributed by atoms with Gasteiger partial charge in [0.05, 0.1) is 11.9 Å². The number of hydrogen-bond donors (Lipinski definition) is 2. The van der Waals surface area contributed by atoms with Gasteiger partial charge in [0.2, 0.25) is 0 Å². The van der Waals surface area contributed by atoms with Crippen molar-refractivity contribution in [2.24, 2.45) is 0 Å². The minimum atomic E-state index is 0.290. The van der Waals surface area contributed by atoms with Crippen LogP contribution < -0.4 is 5.32 Å². The Bertz CT molecular complexity index is 1220. The molecule has 0 saturated carbocycles. The van der Waals surface area contributed by atoms with Gasteiger partial charge in [-0.1, -0.05) is 54.6 Å². The summed E-state index contributed by atoms with van der Waals surface area (Å²) in [6.45, 7) is 6.42. The molecular weight excluding hydrogens is 422 g/mol. The van der Waals surface area contributed by atoms with Gasteiger partial charge in [0.1, 0.15) is 11.6 Å². The lowest BCUT2D eigenvalue weighted by molar-refractivity contribution is 0.325. The van der Waals surface area contributed by atoms with Crippen LogP contribution in [-0.2, 0) is 6.54 Å². The molecule has 164 valence electrons. The fourth-order valence-electron chi connectivity index (χ4n) is 3.61. The predicted molar refractivity (Wildman–Crippen MR) is 131 cm³/mol. The average Bonchev–Trinajstić information content (AvgIpc) is 3.22. The molecule has 0 amide bonds. The first kappa shape index (κ1) is 21.9. The Balaban J connectivity index is 1.46. The number of phenolic OH excluding ortho intramolecular Hbond substituents is 1. The fraction of sp³-hybridized carbons (Fsp3) is 0.200. The second-order valence-corrected chi connectivity index (χ2v) is 8.14. The third-order valence-corrected chi connectivity index (χ3v) is 5.61. The van der Waals surface area contributed by atoms with Crippen LogP contribution in [0, 0.1) is 0 Å². The van der Waals surface area contributed by atoms with Gasteiger partial charge in [-0.15, -0.1) is 0 Å². The number of aromatic hydroxyl groups is 1. The molecule has 0 aliphatic rings. The van der Waals surface area contributed by atoms with Crippen LogP contribution in [0.25, 0.3) is 23.0 Å². The molecule has 0 atom stereocenters. The first-order valence-electron chi connectivity index (χ1n) is 10.5. The van der Waals surface area contributed by atoms with Gasteiger partial charge in [-0.05, 0) is 43.8 Å². The maximum absolute atomic E-state index is 9.43. The molecule has 0 aliphatic heterocycles. The van der Waals surface area contributed by atoms with Crippen LogP contribution in [0.5, 0.6) is 5.75 Å². The zero-order valence-corrected chi connectivity index (χ0v) is 18.8. The molecule has 2 N–H and O–H groups in total. The quantitative estimate of drug-likeness (QED) is 0.339. The van der Waals surface area contributed by atoms with Gasteiger partial charge in [-0.2, -0.15) is 9.61 Å². The number of nitrogens with zero attached hydrogens (tertiary/aromatic N) is 4. The topological polar surface area (TPSA) is 65.7 Å². The third kappa shape index (κ3) is 4.93. The summed E-state index contributed by atoms with van der Waals surface area (Å²) < 4.78 is 1.80. The number of aromatic nitrogens is 3. The molecule has 7 heteroatoms. The summed E-state index contributed by atoms with van der Waals surface area (Å²) in [5.74, 6) is 1.15. The van der Waals surface area contributed by atoms with E-state index in [2.05, 4.69) is 28.9 Å². The lowest BCUT2D eigenvalue weighted by Gasteiger charge is -2.17. The van der Waals surface area contributed by atoms with Gasteiger partial charge in [-0.25, -0.2) is 4.98 Å². The van der Waals surface area contributed by atoms with Gasteiger partial charge in [0.15, 0.2) is 5.65 Å². The highest BCUT2D eigenvalue weighted by atomic mass is 35.5. The number of nitrogens with one attached hydrogen (secondary N) is 1. The first-order chi connectivity index (χ1) is 15.5. The van der Waals surface area contributed by atoms with Crippen LogP contribution in [0.1, 0.15) is 17.5 Å². The monoisotopic (exact) mass is 447 g/mol. The van der Waals surface area contributed by atoms with Crippen molar-refractivity contribution in [3.05, 3.63) is 83.5 Å². The summed E-state index contributed by atoms with van der Waals surface area (Å²) in [5.41, 5.74) is 4.45. The lowest BCUT2D eigenvalue weighted by atomic mass is 10.1. The van der Waals surface area contributed by atoms with Crippen molar-refractivity contribution in [2.45, 2.75) is 13.0 Å². The average molecular weight is 448 g/mol. The molecule has 4 rings (SSSR count). The van der Waals surface area contributed by atoms with Crippen LogP contribution >= 0.6 is 11.6 Å². The minimum Gasteiger partial charge on any atom is -0.508 e. The third-order valence-electron chi connectivity index (χ3n) is 5.28. The zero-order valence-electron chi connectivity index (χ0n) is 18.0. The van der Waals surface area contributed by atoms with Crippen molar-refractivity contribution in [1.29, 1.82) is 0 Å². The number of anilines is 1. The molecule has 0 aliphatic carbocycles. The van der Waals surface area contributed by atoms with E-state index >= 15 is 0 Å². The van der Waals surface area contributed by atoms with Crippen LogP contribution in [0.4, 0.5) is 5.82 Å². The smallest absolute Gasteiger partial charge is 0.165 e. The second kappa shape index (κ2) is 9.85. The van der Waals surface area contributed by atoms with Crippen molar-refractivity contribution in [3.8, 4) is 17.0 Å². The van der Waals surface area contributed by atoms with Gasteiger partial charge in [0, 0.05) is 35.3 Å². The van der Waals surface area contributed by atoms with Gasteiger partial charge < -0.3 is 15.3 Å². The molecule has 6 nitrogen and oxygen atoms in total. The van der Waals surface area contributed by atoms with Crippen LogP contribution in [-0.4, -0.2) is 44.7 Å². The zero-order chi connectivity index (χ0) is 22.5. The molecular formula is C25H26ClN5O. The van der Waals surface area contributed by atoms with E-state index in [1.807, 2.05) is 42.5 Å². The van der Waals surface area contributed by atoms with Crippen LogP contribution in [0.3, 0.4) is 0 Å². The predicted octanol–water partition coefficient (Wildman–Crippen LogP) is 5.33. The summed E-state index contributed by atoms with van der Waals surface area (Å²) in [6.07, 6.45) is 4.48. The number of benzene rings is 2. The summed E-state index contributed by atoms with van der Waals surface area (Å²) in [5, 5.41) is 18.1. The Kier molecular flexibility index (Phi) is 6.73. The molecule has 32 heavy (non-hydrogen) atoms. The normalized spacial score (nSPS) is 11.2. The van der Waals surface area contributed by atoms with E-state index in [9.17, 15) is 5.11 Å². The summed E-state index contributed by atoms with van der Waals surface area (Å²) in [4.78, 5) is 7.04. The van der Waals surface area contributed by atoms with Crippen molar-refractivity contribution in [1.82, 2.24) is 19.5 Å². The van der Waals surface area contributed by atoms with E-state index in [0.29, 0.717) is 10.8 Å². The van der Waals surface area contributed by atoms with Crippen molar-refractivity contribution in [2.75, 3.05) is 25.5 Å². The summed E-state index contributed by atoms with van der Waals surface area (Å²) in [6, 6.07) is 17.0. The van der Waals surface area contributed by atoms with E-state index in [-0.39, 0.29) is 0 Å². The molecule has 0 unspecified atom stereocenters. The maximum atomic E-state index is 9.43. The summed E-state index contributed by atoms with van der Waals surface area (Å²) in [7, 11) is 2.09. The molecule has 2 aromatic heterocycles. The lowest BCUT2D eigenvalue weighted by Crippen LogP contribution is -2.21. The molecule has 0 spiro atoms. The van der Waals surface area contributed by atoms with Crippen molar-refractivity contribution >= 4 is 29.1 Å². The molecule has 0 saturated heterocycles. The Hall–Kier alpha value is -3.35. The molecule has 0 radical (unpaired) electrons. The largest absolute Gasteiger partial charge is 0.508 e.